The summed E-state index contributed by atoms with van der Waals surface area (Å²) in [4.78, 5) is 0. The lowest BCUT2D eigenvalue weighted by atomic mass is 10.1. The van der Waals surface area contributed by atoms with Gasteiger partial charge in [0.1, 0.15) is 5.75 Å². The van der Waals surface area contributed by atoms with Crippen molar-refractivity contribution in [3.05, 3.63) is 35.2 Å². The lowest BCUT2D eigenvalue weighted by Gasteiger charge is -2.02. The molecule has 1 aromatic carbocycles. The summed E-state index contributed by atoms with van der Waals surface area (Å²) in [6, 6.07) is 3.56. The van der Waals surface area contributed by atoms with Crippen LogP contribution in [0.2, 0.25) is 5.02 Å². The van der Waals surface area contributed by atoms with E-state index in [1.165, 1.54) is 0 Å². The summed E-state index contributed by atoms with van der Waals surface area (Å²) in [7, 11) is 0. The first-order valence-corrected chi connectivity index (χ1v) is 3.30. The van der Waals surface area contributed by atoms with E-state index in [2.05, 4.69) is 6.92 Å². The molecule has 1 rings (SSSR count). The Bertz CT molecular complexity index is 229. The number of phenolic OH excluding ortho intramolecular Hbond substituents is 1. The molecule has 0 bridgehead atoms. The van der Waals surface area contributed by atoms with Gasteiger partial charge >= 0.3 is 0 Å². The fourth-order valence-electron chi connectivity index (χ4n) is 0.705. The standard InChI is InChI=1S/C8H8ClO/c1-5-3-4-6(2)8(10)7(5)9/h3-4,10H,2H2,1H3. The molecule has 0 heterocycles. The second-order valence-corrected chi connectivity index (χ2v) is 2.58. The summed E-state index contributed by atoms with van der Waals surface area (Å²) < 4.78 is 0. The Labute approximate surface area is 65.3 Å². The van der Waals surface area contributed by atoms with Gasteiger partial charge in [0.25, 0.3) is 0 Å². The SMILES string of the molecule is [CH2]c1ccc(C)c(Cl)c1O. The van der Waals surface area contributed by atoms with Crippen molar-refractivity contribution in [1.29, 1.82) is 0 Å². The molecule has 0 aliphatic carbocycles. The van der Waals surface area contributed by atoms with Crippen LogP contribution in [-0.4, -0.2) is 5.11 Å². The maximum Gasteiger partial charge on any atom is 0.137 e. The molecule has 0 aromatic heterocycles. The number of halogens is 1. The highest BCUT2D eigenvalue weighted by Crippen LogP contribution is 2.29. The van der Waals surface area contributed by atoms with Crippen LogP contribution < -0.4 is 0 Å². The van der Waals surface area contributed by atoms with Crippen LogP contribution in [0.1, 0.15) is 11.1 Å². The summed E-state index contributed by atoms with van der Waals surface area (Å²) in [5, 5.41) is 9.59. The molecular formula is C8H8ClO. The van der Waals surface area contributed by atoms with Crippen LogP contribution in [0.5, 0.6) is 5.75 Å². The van der Waals surface area contributed by atoms with Crippen molar-refractivity contribution in [2.24, 2.45) is 0 Å². The van der Waals surface area contributed by atoms with E-state index in [1.807, 2.05) is 13.0 Å². The Morgan fingerprint density at radius 3 is 2.60 bits per heavy atom. The molecule has 0 saturated heterocycles. The third kappa shape index (κ3) is 1.09. The molecule has 0 atom stereocenters. The highest BCUT2D eigenvalue weighted by molar-refractivity contribution is 6.32. The van der Waals surface area contributed by atoms with Gasteiger partial charge < -0.3 is 5.11 Å². The minimum Gasteiger partial charge on any atom is -0.506 e. The van der Waals surface area contributed by atoms with Crippen LogP contribution in [0.3, 0.4) is 0 Å². The molecule has 0 spiro atoms. The topological polar surface area (TPSA) is 20.2 Å². The number of hydrogen-bond acceptors (Lipinski definition) is 1. The van der Waals surface area contributed by atoms with Gasteiger partial charge in [-0.15, -0.1) is 0 Å². The lowest BCUT2D eigenvalue weighted by molar-refractivity contribution is 0.473. The Hall–Kier alpha value is -0.690. The Kier molecular flexibility index (Phi) is 1.86. The van der Waals surface area contributed by atoms with Gasteiger partial charge in [0.05, 0.1) is 5.02 Å². The van der Waals surface area contributed by atoms with Crippen LogP contribution in [-0.2, 0) is 0 Å². The second kappa shape index (κ2) is 2.51. The molecule has 0 fully saturated rings. The van der Waals surface area contributed by atoms with E-state index in [0.717, 1.165) is 5.56 Å². The molecular weight excluding hydrogens is 148 g/mol. The van der Waals surface area contributed by atoms with Crippen LogP contribution >= 0.6 is 11.6 Å². The first kappa shape index (κ1) is 7.42. The maximum absolute atomic E-state index is 9.19. The average Bonchev–Trinajstić information content (AvgIpc) is 1.93. The van der Waals surface area contributed by atoms with Crippen molar-refractivity contribution in [2.45, 2.75) is 6.92 Å². The zero-order valence-electron chi connectivity index (χ0n) is 5.69. The minimum absolute atomic E-state index is 0.0849. The Balaban J connectivity index is 3.34. The minimum atomic E-state index is 0.0849. The zero-order valence-corrected chi connectivity index (χ0v) is 6.44. The second-order valence-electron chi connectivity index (χ2n) is 2.20. The van der Waals surface area contributed by atoms with Crippen molar-refractivity contribution in [3.8, 4) is 5.75 Å². The number of benzene rings is 1. The van der Waals surface area contributed by atoms with E-state index >= 15 is 0 Å². The van der Waals surface area contributed by atoms with E-state index in [4.69, 9.17) is 11.6 Å². The van der Waals surface area contributed by atoms with Gasteiger partial charge in [0, 0.05) is 0 Å². The van der Waals surface area contributed by atoms with Gasteiger partial charge in [0.2, 0.25) is 0 Å². The summed E-state index contributed by atoms with van der Waals surface area (Å²) in [5.74, 6) is 0.0849. The maximum atomic E-state index is 9.19. The summed E-state index contributed by atoms with van der Waals surface area (Å²) in [6.45, 7) is 5.42. The van der Waals surface area contributed by atoms with Gasteiger partial charge in [-0.3, -0.25) is 0 Å². The third-order valence-corrected chi connectivity index (χ3v) is 1.87. The molecule has 0 aliphatic heterocycles. The third-order valence-electron chi connectivity index (χ3n) is 1.39. The zero-order chi connectivity index (χ0) is 7.72. The molecule has 2 heteroatoms. The normalized spacial score (nSPS) is 9.90. The van der Waals surface area contributed by atoms with Crippen molar-refractivity contribution < 1.29 is 5.11 Å². The van der Waals surface area contributed by atoms with E-state index in [1.54, 1.807) is 6.07 Å². The molecule has 1 nitrogen and oxygen atoms in total. The van der Waals surface area contributed by atoms with E-state index < -0.39 is 0 Å². The molecule has 1 aromatic rings. The number of rotatable bonds is 0. The first-order chi connectivity index (χ1) is 4.63. The van der Waals surface area contributed by atoms with Crippen LogP contribution in [0.15, 0.2) is 12.1 Å². The average molecular weight is 156 g/mol. The van der Waals surface area contributed by atoms with Gasteiger partial charge in [-0.2, -0.15) is 0 Å². The fourth-order valence-corrected chi connectivity index (χ4v) is 0.890. The number of aryl methyl sites for hydroxylation is 1. The smallest absolute Gasteiger partial charge is 0.137 e. The van der Waals surface area contributed by atoms with Crippen LogP contribution in [0.4, 0.5) is 0 Å². The number of aromatic hydroxyl groups is 1. The summed E-state index contributed by atoms with van der Waals surface area (Å²) >= 11 is 5.69. The highest BCUT2D eigenvalue weighted by atomic mass is 35.5. The highest BCUT2D eigenvalue weighted by Gasteiger charge is 2.02. The van der Waals surface area contributed by atoms with Gasteiger partial charge in [-0.25, -0.2) is 0 Å². The van der Waals surface area contributed by atoms with Crippen molar-refractivity contribution in [1.82, 2.24) is 0 Å². The van der Waals surface area contributed by atoms with Gasteiger partial charge in [-0.05, 0) is 25.0 Å². The molecule has 1 N–H and O–H groups in total. The fraction of sp³-hybridized carbons (Fsp3) is 0.125. The predicted molar refractivity (Wildman–Crippen MR) is 42.3 cm³/mol. The van der Waals surface area contributed by atoms with Crippen molar-refractivity contribution >= 4 is 11.6 Å². The number of hydrogen-bond donors (Lipinski definition) is 1. The van der Waals surface area contributed by atoms with E-state index in [-0.39, 0.29) is 5.75 Å². The summed E-state index contributed by atoms with van der Waals surface area (Å²) in [6.07, 6.45) is 0. The van der Waals surface area contributed by atoms with E-state index in [9.17, 15) is 5.11 Å². The molecule has 10 heavy (non-hydrogen) atoms. The first-order valence-electron chi connectivity index (χ1n) is 2.93. The molecule has 0 amide bonds. The molecule has 0 aliphatic rings. The largest absolute Gasteiger partial charge is 0.506 e. The summed E-state index contributed by atoms with van der Waals surface area (Å²) in [5.41, 5.74) is 1.43. The molecule has 0 saturated carbocycles. The molecule has 53 valence electrons. The van der Waals surface area contributed by atoms with Crippen molar-refractivity contribution in [3.63, 3.8) is 0 Å². The molecule has 1 radical (unpaired) electrons. The van der Waals surface area contributed by atoms with Crippen molar-refractivity contribution in [2.75, 3.05) is 0 Å². The molecule has 0 unspecified atom stereocenters. The predicted octanol–water partition coefficient (Wildman–Crippen LogP) is 2.54. The Morgan fingerprint density at radius 2 is 2.10 bits per heavy atom. The quantitative estimate of drug-likeness (QED) is 0.611. The van der Waals surface area contributed by atoms with Crippen LogP contribution in [0.25, 0.3) is 0 Å². The number of phenols is 1. The van der Waals surface area contributed by atoms with Gasteiger partial charge in [0.15, 0.2) is 0 Å². The Morgan fingerprint density at radius 1 is 1.50 bits per heavy atom. The lowest BCUT2D eigenvalue weighted by Crippen LogP contribution is -1.79. The van der Waals surface area contributed by atoms with E-state index in [0.29, 0.717) is 10.6 Å². The van der Waals surface area contributed by atoms with Crippen LogP contribution in [0, 0.1) is 13.8 Å². The monoisotopic (exact) mass is 155 g/mol. The van der Waals surface area contributed by atoms with Gasteiger partial charge in [-0.1, -0.05) is 23.7 Å².